The van der Waals surface area contributed by atoms with Crippen LogP contribution in [-0.2, 0) is 16.1 Å². The van der Waals surface area contributed by atoms with Crippen LogP contribution >= 0.6 is 0 Å². The second-order valence-electron chi connectivity index (χ2n) is 7.55. The third kappa shape index (κ3) is 4.83. The highest BCUT2D eigenvalue weighted by molar-refractivity contribution is 5.80. The number of rotatable bonds is 5. The molecule has 2 heterocycles. The average Bonchev–Trinajstić information content (AvgIpc) is 2.64. The van der Waals surface area contributed by atoms with Crippen LogP contribution in [0.4, 0.5) is 0 Å². The average molecular weight is 359 g/mol. The first-order chi connectivity index (χ1) is 12.5. The normalized spacial score (nSPS) is 25.2. The van der Waals surface area contributed by atoms with Crippen molar-refractivity contribution in [2.24, 2.45) is 5.92 Å². The molecule has 0 aromatic heterocycles. The van der Waals surface area contributed by atoms with Crippen LogP contribution in [0.1, 0.15) is 25.3 Å². The molecule has 2 atom stereocenters. The molecular weight excluding hydrogens is 330 g/mol. The minimum absolute atomic E-state index is 0.0694. The molecule has 2 unspecified atom stereocenters. The number of carboxylic acids is 1. The highest BCUT2D eigenvalue weighted by Crippen LogP contribution is 2.22. The van der Waals surface area contributed by atoms with Gasteiger partial charge in [-0.25, -0.2) is 0 Å². The zero-order valence-corrected chi connectivity index (χ0v) is 15.5. The molecule has 26 heavy (non-hydrogen) atoms. The maximum atomic E-state index is 12.7. The van der Waals surface area contributed by atoms with Gasteiger partial charge in [0.1, 0.15) is 0 Å². The lowest BCUT2D eigenvalue weighted by molar-refractivity contribution is -0.147. The van der Waals surface area contributed by atoms with Gasteiger partial charge in [0.25, 0.3) is 0 Å². The number of amides is 1. The van der Waals surface area contributed by atoms with E-state index in [1.54, 1.807) is 4.90 Å². The Kier molecular flexibility index (Phi) is 6.27. The molecule has 1 N–H and O–H groups in total. The predicted molar refractivity (Wildman–Crippen MR) is 99.7 cm³/mol. The molecule has 1 amide bonds. The van der Waals surface area contributed by atoms with Gasteiger partial charge in [-0.15, -0.1) is 0 Å². The van der Waals surface area contributed by atoms with Crippen molar-refractivity contribution in [1.29, 1.82) is 0 Å². The number of carbonyl (C=O) groups excluding carboxylic acids is 1. The fourth-order valence-corrected chi connectivity index (χ4v) is 3.89. The topological polar surface area (TPSA) is 64.1 Å². The van der Waals surface area contributed by atoms with Crippen LogP contribution in [0.15, 0.2) is 30.3 Å². The predicted octanol–water partition coefficient (Wildman–Crippen LogP) is 1.52. The summed E-state index contributed by atoms with van der Waals surface area (Å²) in [4.78, 5) is 30.3. The smallest absolute Gasteiger partial charge is 0.308 e. The largest absolute Gasteiger partial charge is 0.481 e. The van der Waals surface area contributed by atoms with Gasteiger partial charge in [0.15, 0.2) is 0 Å². The zero-order valence-electron chi connectivity index (χ0n) is 15.5. The third-order valence-electron chi connectivity index (χ3n) is 5.62. The Morgan fingerprint density at radius 3 is 2.35 bits per heavy atom. The van der Waals surface area contributed by atoms with Gasteiger partial charge in [0.2, 0.25) is 5.91 Å². The van der Waals surface area contributed by atoms with Gasteiger partial charge in [-0.2, -0.15) is 0 Å². The number of nitrogens with zero attached hydrogens (tertiary/aromatic N) is 3. The minimum Gasteiger partial charge on any atom is -0.481 e. The van der Waals surface area contributed by atoms with Gasteiger partial charge in [-0.3, -0.25) is 19.4 Å². The second kappa shape index (κ2) is 8.64. The molecule has 2 fully saturated rings. The number of carbonyl (C=O) groups is 2. The molecule has 3 rings (SSSR count). The molecule has 1 aromatic rings. The highest BCUT2D eigenvalue weighted by atomic mass is 16.4. The molecule has 1 aromatic carbocycles. The van der Waals surface area contributed by atoms with E-state index in [0.717, 1.165) is 39.1 Å². The minimum atomic E-state index is -0.788. The first-order valence-electron chi connectivity index (χ1n) is 9.54. The maximum Gasteiger partial charge on any atom is 0.308 e. The Balaban J connectivity index is 1.46. The molecule has 6 nitrogen and oxygen atoms in total. The fraction of sp³-hybridized carbons (Fsp3) is 0.600. The molecule has 6 heteroatoms. The lowest BCUT2D eigenvalue weighted by atomic mass is 9.93. The maximum absolute atomic E-state index is 12.7. The van der Waals surface area contributed by atoms with Crippen LogP contribution < -0.4 is 0 Å². The summed E-state index contributed by atoms with van der Waals surface area (Å²) in [7, 11) is 0. The Labute approximate surface area is 155 Å². The van der Waals surface area contributed by atoms with E-state index < -0.39 is 11.9 Å². The second-order valence-corrected chi connectivity index (χ2v) is 7.55. The number of piperidine rings is 1. The molecule has 0 aliphatic carbocycles. The Bertz CT molecular complexity index is 614. The summed E-state index contributed by atoms with van der Waals surface area (Å²) >= 11 is 0. The number of hydrogen-bond donors (Lipinski definition) is 1. The van der Waals surface area contributed by atoms with Crippen LogP contribution in [0.3, 0.4) is 0 Å². The lowest BCUT2D eigenvalue weighted by Crippen LogP contribution is -2.53. The van der Waals surface area contributed by atoms with Gasteiger partial charge >= 0.3 is 5.97 Å². The molecule has 2 aliphatic heterocycles. The SMILES string of the molecule is CC1CCC(C(=O)O)CN1C(=O)CN1CCN(Cc2ccccc2)CC1. The first kappa shape index (κ1) is 18.9. The summed E-state index contributed by atoms with van der Waals surface area (Å²) in [5.41, 5.74) is 1.32. The number of aliphatic carboxylic acids is 1. The zero-order chi connectivity index (χ0) is 18.5. The quantitative estimate of drug-likeness (QED) is 0.864. The third-order valence-corrected chi connectivity index (χ3v) is 5.62. The van der Waals surface area contributed by atoms with E-state index in [-0.39, 0.29) is 11.9 Å². The van der Waals surface area contributed by atoms with Crippen LogP contribution in [-0.4, -0.2) is 77.0 Å². The van der Waals surface area contributed by atoms with Crippen molar-refractivity contribution in [2.75, 3.05) is 39.3 Å². The molecule has 0 spiro atoms. The molecular formula is C20H29N3O3. The Hall–Kier alpha value is -1.92. The summed E-state index contributed by atoms with van der Waals surface area (Å²) in [5, 5.41) is 9.24. The summed E-state index contributed by atoms with van der Waals surface area (Å²) in [6, 6.07) is 10.6. The van der Waals surface area contributed by atoms with E-state index in [1.165, 1.54) is 5.56 Å². The van der Waals surface area contributed by atoms with Gasteiger partial charge in [-0.1, -0.05) is 30.3 Å². The van der Waals surface area contributed by atoms with Crippen molar-refractivity contribution in [3.05, 3.63) is 35.9 Å². The number of carboxylic acid groups (broad SMARTS) is 1. The highest BCUT2D eigenvalue weighted by Gasteiger charge is 2.33. The van der Waals surface area contributed by atoms with Crippen molar-refractivity contribution < 1.29 is 14.7 Å². The molecule has 2 saturated heterocycles. The summed E-state index contributed by atoms with van der Waals surface area (Å²) < 4.78 is 0. The fourth-order valence-electron chi connectivity index (χ4n) is 3.89. The van der Waals surface area contributed by atoms with E-state index in [2.05, 4.69) is 34.1 Å². The number of hydrogen-bond acceptors (Lipinski definition) is 4. The Morgan fingerprint density at radius 2 is 1.69 bits per heavy atom. The molecule has 142 valence electrons. The van der Waals surface area contributed by atoms with Gasteiger partial charge < -0.3 is 10.0 Å². The summed E-state index contributed by atoms with van der Waals surface area (Å²) in [6.07, 6.45) is 1.44. The molecule has 0 saturated carbocycles. The first-order valence-corrected chi connectivity index (χ1v) is 9.54. The van der Waals surface area contributed by atoms with Gasteiger partial charge in [0, 0.05) is 45.3 Å². The van der Waals surface area contributed by atoms with Crippen molar-refractivity contribution in [1.82, 2.24) is 14.7 Å². The number of likely N-dealkylation sites (tertiary alicyclic amines) is 1. The van der Waals surface area contributed by atoms with Gasteiger partial charge in [-0.05, 0) is 25.3 Å². The van der Waals surface area contributed by atoms with E-state index in [1.807, 2.05) is 13.0 Å². The van der Waals surface area contributed by atoms with E-state index in [4.69, 9.17) is 0 Å². The number of piperazine rings is 1. The van der Waals surface area contributed by atoms with Gasteiger partial charge in [0.05, 0.1) is 12.5 Å². The standard InChI is InChI=1S/C20H29N3O3/c1-16-7-8-18(20(25)26)14-23(16)19(24)15-22-11-9-21(10-12-22)13-17-5-3-2-4-6-17/h2-6,16,18H,7-15H2,1H3,(H,25,26). The van der Waals surface area contributed by atoms with Crippen LogP contribution in [0.2, 0.25) is 0 Å². The monoisotopic (exact) mass is 359 g/mol. The van der Waals surface area contributed by atoms with E-state index in [9.17, 15) is 14.7 Å². The van der Waals surface area contributed by atoms with Crippen molar-refractivity contribution in [2.45, 2.75) is 32.4 Å². The van der Waals surface area contributed by atoms with E-state index >= 15 is 0 Å². The Morgan fingerprint density at radius 1 is 1.04 bits per heavy atom. The van der Waals surface area contributed by atoms with Crippen LogP contribution in [0.25, 0.3) is 0 Å². The summed E-state index contributed by atoms with van der Waals surface area (Å²) in [5.74, 6) is -1.14. The van der Waals surface area contributed by atoms with Crippen molar-refractivity contribution >= 4 is 11.9 Å². The lowest BCUT2D eigenvalue weighted by Gasteiger charge is -2.39. The van der Waals surface area contributed by atoms with E-state index in [0.29, 0.717) is 19.5 Å². The summed E-state index contributed by atoms with van der Waals surface area (Å²) in [6.45, 7) is 7.39. The van der Waals surface area contributed by atoms with Crippen LogP contribution in [0.5, 0.6) is 0 Å². The number of benzene rings is 1. The molecule has 0 bridgehead atoms. The van der Waals surface area contributed by atoms with Crippen molar-refractivity contribution in [3.63, 3.8) is 0 Å². The molecule has 2 aliphatic rings. The van der Waals surface area contributed by atoms with Crippen molar-refractivity contribution in [3.8, 4) is 0 Å². The molecule has 0 radical (unpaired) electrons. The van der Waals surface area contributed by atoms with Crippen LogP contribution in [0, 0.1) is 5.92 Å².